The number of halogens is 1. The largest absolute Gasteiger partial charge is 0.494 e. The lowest BCUT2D eigenvalue weighted by Gasteiger charge is -2.38. The van der Waals surface area contributed by atoms with Crippen molar-refractivity contribution in [1.29, 1.82) is 0 Å². The third kappa shape index (κ3) is 4.86. The van der Waals surface area contributed by atoms with Gasteiger partial charge in [-0.15, -0.1) is 0 Å². The van der Waals surface area contributed by atoms with E-state index in [-0.39, 0.29) is 17.7 Å². The highest BCUT2D eigenvalue weighted by Crippen LogP contribution is 2.41. The Morgan fingerprint density at radius 3 is 2.35 bits per heavy atom. The molecule has 0 saturated carbocycles. The average Bonchev–Trinajstić information content (AvgIpc) is 2.97. The molecule has 0 aliphatic carbocycles. The van der Waals surface area contributed by atoms with Crippen molar-refractivity contribution in [1.82, 2.24) is 4.90 Å². The van der Waals surface area contributed by atoms with Crippen molar-refractivity contribution in [3.05, 3.63) is 53.1 Å². The van der Waals surface area contributed by atoms with Crippen LogP contribution in [-0.2, 0) is 16.1 Å². The Morgan fingerprint density at radius 1 is 1.06 bits per heavy atom. The number of nitrogens with zero attached hydrogens (tertiary/aromatic N) is 1. The lowest BCUT2D eigenvalue weighted by Crippen LogP contribution is -2.45. The van der Waals surface area contributed by atoms with E-state index in [0.717, 1.165) is 32.2 Å². The number of carbonyl (C=O) groups is 2. The van der Waals surface area contributed by atoms with Crippen LogP contribution >= 0.6 is 11.6 Å². The van der Waals surface area contributed by atoms with Gasteiger partial charge < -0.3 is 15.4 Å². The molecule has 2 N–H and O–H groups in total. The number of rotatable bonds is 6. The molecule has 2 aromatic rings. The van der Waals surface area contributed by atoms with Crippen LogP contribution in [-0.4, -0.2) is 35.9 Å². The summed E-state index contributed by atoms with van der Waals surface area (Å²) in [4.78, 5) is 27.0. The highest BCUT2D eigenvalue weighted by molar-refractivity contribution is 6.34. The second-order valence-corrected chi connectivity index (χ2v) is 8.82. The number of amides is 2. The Hall–Kier alpha value is -2.57. The van der Waals surface area contributed by atoms with Crippen molar-refractivity contribution in [3.63, 3.8) is 0 Å². The van der Waals surface area contributed by atoms with Crippen molar-refractivity contribution >= 4 is 34.8 Å². The third-order valence-electron chi connectivity index (χ3n) is 6.32. The van der Waals surface area contributed by atoms with Crippen molar-refractivity contribution in [2.24, 2.45) is 5.92 Å². The fourth-order valence-corrected chi connectivity index (χ4v) is 5.09. The van der Waals surface area contributed by atoms with Gasteiger partial charge in [0.1, 0.15) is 5.75 Å². The molecule has 2 amide bonds. The smallest absolute Gasteiger partial charge is 0.227 e. The summed E-state index contributed by atoms with van der Waals surface area (Å²) in [7, 11) is 1.53. The molecule has 2 heterocycles. The van der Waals surface area contributed by atoms with Crippen molar-refractivity contribution < 1.29 is 14.3 Å². The summed E-state index contributed by atoms with van der Waals surface area (Å²) in [6, 6.07) is 14.6. The molecule has 2 saturated heterocycles. The second kappa shape index (κ2) is 9.28. The Balaban J connectivity index is 1.43. The van der Waals surface area contributed by atoms with Crippen LogP contribution in [0.25, 0.3) is 0 Å². The van der Waals surface area contributed by atoms with E-state index in [4.69, 9.17) is 16.3 Å². The average molecular weight is 442 g/mol. The molecule has 0 radical (unpaired) electrons. The summed E-state index contributed by atoms with van der Waals surface area (Å²) in [6.45, 7) is 2.36. The van der Waals surface area contributed by atoms with Crippen molar-refractivity contribution in [2.45, 2.75) is 51.2 Å². The molecule has 4 rings (SSSR count). The number of ether oxygens (including phenoxy) is 1. The van der Waals surface area contributed by atoms with Crippen LogP contribution in [0, 0.1) is 5.92 Å². The normalized spacial score (nSPS) is 22.7. The number of benzene rings is 2. The number of anilines is 2. The molecule has 2 fully saturated rings. The minimum atomic E-state index is -0.224. The number of methoxy groups -OCH3 is 1. The van der Waals surface area contributed by atoms with E-state index in [1.165, 1.54) is 19.6 Å². The van der Waals surface area contributed by atoms with Crippen LogP contribution in [0.15, 0.2) is 42.5 Å². The fourth-order valence-electron chi connectivity index (χ4n) is 4.88. The first kappa shape index (κ1) is 21.7. The Morgan fingerprint density at radius 2 is 1.74 bits per heavy atom. The number of fused-ring (bicyclic) bond motifs is 2. The zero-order chi connectivity index (χ0) is 22.0. The Kier molecular flexibility index (Phi) is 6.49. The van der Waals surface area contributed by atoms with Crippen LogP contribution in [0.5, 0.6) is 5.75 Å². The van der Waals surface area contributed by atoms with Gasteiger partial charge in [-0.3, -0.25) is 14.5 Å². The van der Waals surface area contributed by atoms with Crippen LogP contribution in [0.2, 0.25) is 5.02 Å². The van der Waals surface area contributed by atoms with Gasteiger partial charge in [0, 0.05) is 37.5 Å². The summed E-state index contributed by atoms with van der Waals surface area (Å²) in [6.07, 6.45) is 3.99. The molecule has 6 nitrogen and oxygen atoms in total. The van der Waals surface area contributed by atoms with Gasteiger partial charge in [0.2, 0.25) is 11.8 Å². The van der Waals surface area contributed by atoms with Gasteiger partial charge in [0.05, 0.1) is 23.5 Å². The molecule has 2 aliphatic heterocycles. The zero-order valence-corrected chi connectivity index (χ0v) is 18.6. The topological polar surface area (TPSA) is 70.7 Å². The van der Waals surface area contributed by atoms with Gasteiger partial charge in [-0.2, -0.15) is 0 Å². The molecular formula is C24H28ClN3O3. The molecule has 2 unspecified atom stereocenters. The molecule has 2 aromatic carbocycles. The van der Waals surface area contributed by atoms with E-state index in [1.807, 2.05) is 6.07 Å². The van der Waals surface area contributed by atoms with Gasteiger partial charge in [-0.1, -0.05) is 41.9 Å². The molecule has 7 heteroatoms. The molecule has 0 aromatic heterocycles. The van der Waals surface area contributed by atoms with E-state index in [1.54, 1.807) is 12.1 Å². The SMILES string of the molecule is COc1cc(NC(C)=O)c(Cl)cc1NC(=O)C1CC2CCC(C1)N2Cc1ccccc1. The minimum absolute atomic E-state index is 0.00194. The monoisotopic (exact) mass is 441 g/mol. The van der Waals surface area contributed by atoms with Gasteiger partial charge in [-0.25, -0.2) is 0 Å². The highest BCUT2D eigenvalue weighted by Gasteiger charge is 2.42. The summed E-state index contributed by atoms with van der Waals surface area (Å²) >= 11 is 6.30. The highest BCUT2D eigenvalue weighted by atomic mass is 35.5. The molecule has 0 spiro atoms. The number of carbonyl (C=O) groups excluding carboxylic acids is 2. The molecule has 2 atom stereocenters. The van der Waals surface area contributed by atoms with Crippen molar-refractivity contribution in [3.8, 4) is 5.75 Å². The zero-order valence-electron chi connectivity index (χ0n) is 17.9. The molecular weight excluding hydrogens is 414 g/mol. The van der Waals surface area contributed by atoms with E-state index < -0.39 is 0 Å². The predicted octanol–water partition coefficient (Wildman–Crippen LogP) is 4.69. The lowest BCUT2D eigenvalue weighted by atomic mass is 9.89. The van der Waals surface area contributed by atoms with E-state index in [0.29, 0.717) is 34.2 Å². The second-order valence-electron chi connectivity index (χ2n) is 8.41. The Bertz CT molecular complexity index is 952. The summed E-state index contributed by atoms with van der Waals surface area (Å²) in [5.74, 6) is 0.199. The Labute approximate surface area is 187 Å². The summed E-state index contributed by atoms with van der Waals surface area (Å²) < 4.78 is 5.42. The van der Waals surface area contributed by atoms with Crippen LogP contribution in [0.3, 0.4) is 0 Å². The summed E-state index contributed by atoms with van der Waals surface area (Å²) in [5, 5.41) is 6.02. The van der Waals surface area contributed by atoms with E-state index in [2.05, 4.69) is 39.8 Å². The molecule has 2 bridgehead atoms. The number of hydrogen-bond acceptors (Lipinski definition) is 4. The number of hydrogen-bond donors (Lipinski definition) is 2. The van der Waals surface area contributed by atoms with Gasteiger partial charge in [-0.05, 0) is 37.3 Å². The third-order valence-corrected chi connectivity index (χ3v) is 6.63. The maximum Gasteiger partial charge on any atom is 0.227 e. The molecule has 2 aliphatic rings. The number of nitrogens with one attached hydrogen (secondary N) is 2. The van der Waals surface area contributed by atoms with Crippen LogP contribution in [0.1, 0.15) is 38.2 Å². The quantitative estimate of drug-likeness (QED) is 0.682. The van der Waals surface area contributed by atoms with E-state index >= 15 is 0 Å². The maximum absolute atomic E-state index is 13.1. The van der Waals surface area contributed by atoms with Crippen LogP contribution < -0.4 is 15.4 Å². The lowest BCUT2D eigenvalue weighted by molar-refractivity contribution is -0.122. The van der Waals surface area contributed by atoms with Crippen molar-refractivity contribution in [2.75, 3.05) is 17.7 Å². The fraction of sp³-hybridized carbons (Fsp3) is 0.417. The first-order chi connectivity index (χ1) is 14.9. The first-order valence-corrected chi connectivity index (χ1v) is 11.1. The van der Waals surface area contributed by atoms with E-state index in [9.17, 15) is 9.59 Å². The van der Waals surface area contributed by atoms with Gasteiger partial charge in [0.15, 0.2) is 0 Å². The number of piperidine rings is 1. The summed E-state index contributed by atoms with van der Waals surface area (Å²) in [5.41, 5.74) is 2.29. The standard InChI is InChI=1S/C24H28ClN3O3/c1-15(29)26-21-13-23(31-2)22(12-20(21)25)27-24(30)17-10-18-8-9-19(11-17)28(18)14-16-6-4-3-5-7-16/h3-7,12-13,17-19H,8-11,14H2,1-2H3,(H,26,29)(H,27,30). The van der Waals surface area contributed by atoms with Gasteiger partial charge in [0.25, 0.3) is 0 Å². The van der Waals surface area contributed by atoms with Gasteiger partial charge >= 0.3 is 0 Å². The first-order valence-electron chi connectivity index (χ1n) is 10.7. The molecule has 31 heavy (non-hydrogen) atoms. The predicted molar refractivity (Wildman–Crippen MR) is 122 cm³/mol. The maximum atomic E-state index is 13.1. The van der Waals surface area contributed by atoms with Crippen LogP contribution in [0.4, 0.5) is 11.4 Å². The molecule has 164 valence electrons. The minimum Gasteiger partial charge on any atom is -0.494 e.